The fourth-order valence-corrected chi connectivity index (χ4v) is 4.00. The third kappa shape index (κ3) is 7.06. The van der Waals surface area contributed by atoms with Crippen molar-refractivity contribution < 1.29 is 14.4 Å². The van der Waals surface area contributed by atoms with E-state index in [1.165, 1.54) is 5.56 Å². The molecule has 0 unspecified atom stereocenters. The van der Waals surface area contributed by atoms with Crippen LogP contribution in [0, 0.1) is 5.92 Å². The molecule has 3 atom stereocenters. The Morgan fingerprint density at radius 2 is 1.87 bits per heavy atom. The van der Waals surface area contributed by atoms with Gasteiger partial charge in [-0.1, -0.05) is 51.1 Å². The predicted octanol–water partition coefficient (Wildman–Crippen LogP) is 1.95. The molecular formula is C24H38N4O3. The van der Waals surface area contributed by atoms with E-state index >= 15 is 0 Å². The summed E-state index contributed by atoms with van der Waals surface area (Å²) in [5.74, 6) is -0.365. The third-order valence-electron chi connectivity index (χ3n) is 5.90. The zero-order chi connectivity index (χ0) is 23.0. The van der Waals surface area contributed by atoms with Crippen LogP contribution in [-0.2, 0) is 20.8 Å². The van der Waals surface area contributed by atoms with E-state index in [1.54, 1.807) is 6.92 Å². The smallest absolute Gasteiger partial charge is 0.245 e. The quantitative estimate of drug-likeness (QED) is 0.593. The van der Waals surface area contributed by atoms with Crippen molar-refractivity contribution in [3.8, 4) is 0 Å². The molecule has 1 aliphatic rings. The van der Waals surface area contributed by atoms with E-state index in [1.807, 2.05) is 48.8 Å². The lowest BCUT2D eigenvalue weighted by atomic mass is 10.0. The number of benzene rings is 1. The first-order valence-corrected chi connectivity index (χ1v) is 11.4. The number of likely N-dealkylation sites (tertiary alicyclic amines) is 1. The number of carbonyl (C=O) groups excluding carboxylic acids is 3. The highest BCUT2D eigenvalue weighted by atomic mass is 16.2. The van der Waals surface area contributed by atoms with Crippen LogP contribution in [0.3, 0.4) is 0 Å². The van der Waals surface area contributed by atoms with E-state index in [4.69, 9.17) is 5.73 Å². The highest BCUT2D eigenvalue weighted by Crippen LogP contribution is 2.22. The second-order valence-electron chi connectivity index (χ2n) is 8.78. The van der Waals surface area contributed by atoms with Crippen LogP contribution in [0.25, 0.3) is 0 Å². The summed E-state index contributed by atoms with van der Waals surface area (Å²) in [7, 11) is 0. The van der Waals surface area contributed by atoms with Crippen molar-refractivity contribution in [3.05, 3.63) is 35.9 Å². The molecule has 0 spiro atoms. The molecule has 0 saturated carbocycles. The summed E-state index contributed by atoms with van der Waals surface area (Å²) < 4.78 is 0. The zero-order valence-electron chi connectivity index (χ0n) is 19.3. The molecular weight excluding hydrogens is 392 g/mol. The van der Waals surface area contributed by atoms with Gasteiger partial charge in [-0.05, 0) is 37.7 Å². The Kier molecular flexibility index (Phi) is 9.49. The monoisotopic (exact) mass is 430 g/mol. The van der Waals surface area contributed by atoms with Crippen LogP contribution < -0.4 is 11.1 Å². The van der Waals surface area contributed by atoms with Crippen LogP contribution >= 0.6 is 0 Å². The van der Waals surface area contributed by atoms with Gasteiger partial charge in [0, 0.05) is 32.1 Å². The molecule has 1 fully saturated rings. The summed E-state index contributed by atoms with van der Waals surface area (Å²) in [6.45, 7) is 9.11. The van der Waals surface area contributed by atoms with Crippen molar-refractivity contribution in [1.82, 2.24) is 15.1 Å². The van der Waals surface area contributed by atoms with Gasteiger partial charge in [0.05, 0.1) is 6.04 Å². The number of hydrogen-bond donors (Lipinski definition) is 2. The second-order valence-corrected chi connectivity index (χ2v) is 8.78. The van der Waals surface area contributed by atoms with Crippen molar-refractivity contribution in [2.75, 3.05) is 19.6 Å². The Morgan fingerprint density at radius 3 is 2.45 bits per heavy atom. The molecule has 2 rings (SSSR count). The van der Waals surface area contributed by atoms with E-state index < -0.39 is 12.1 Å². The highest BCUT2D eigenvalue weighted by molar-refractivity contribution is 5.90. The Morgan fingerprint density at radius 1 is 1.19 bits per heavy atom. The van der Waals surface area contributed by atoms with E-state index in [-0.39, 0.29) is 29.7 Å². The van der Waals surface area contributed by atoms with Gasteiger partial charge in [-0.15, -0.1) is 0 Å². The molecule has 3 N–H and O–H groups in total. The summed E-state index contributed by atoms with van der Waals surface area (Å²) in [6, 6.07) is 8.80. The Labute approximate surface area is 186 Å². The maximum Gasteiger partial charge on any atom is 0.245 e. The van der Waals surface area contributed by atoms with Crippen molar-refractivity contribution in [2.45, 2.75) is 71.5 Å². The van der Waals surface area contributed by atoms with Crippen molar-refractivity contribution >= 4 is 17.7 Å². The Hall–Kier alpha value is -2.41. The van der Waals surface area contributed by atoms with Gasteiger partial charge in [0.1, 0.15) is 6.04 Å². The lowest BCUT2D eigenvalue weighted by Gasteiger charge is -2.34. The Balaban J connectivity index is 2.08. The van der Waals surface area contributed by atoms with Gasteiger partial charge in [0.2, 0.25) is 17.7 Å². The van der Waals surface area contributed by atoms with E-state index in [0.717, 1.165) is 19.3 Å². The standard InChI is InChI=1S/C24H38N4O3/c1-5-21(29)27(15-13-19-10-7-6-8-11-19)16-20-12-9-14-28(20)24(31)22(17(2)3)26-23(30)18(4)25/h6-8,10-11,17-18,20,22H,5,9,12-16,25H2,1-4H3,(H,26,30)/t18-,20-,22-/m0/s1. The van der Waals surface area contributed by atoms with Gasteiger partial charge >= 0.3 is 0 Å². The molecule has 0 bridgehead atoms. The normalized spacial score (nSPS) is 18.0. The topological polar surface area (TPSA) is 95.7 Å². The minimum atomic E-state index is -0.668. The molecule has 172 valence electrons. The van der Waals surface area contributed by atoms with Crippen molar-refractivity contribution in [2.24, 2.45) is 11.7 Å². The van der Waals surface area contributed by atoms with E-state index in [0.29, 0.717) is 26.1 Å². The fourth-order valence-electron chi connectivity index (χ4n) is 4.00. The van der Waals surface area contributed by atoms with Crippen LogP contribution in [0.2, 0.25) is 0 Å². The number of nitrogens with two attached hydrogens (primary N) is 1. The third-order valence-corrected chi connectivity index (χ3v) is 5.90. The summed E-state index contributed by atoms with van der Waals surface area (Å²) >= 11 is 0. The Bertz CT molecular complexity index is 736. The second kappa shape index (κ2) is 11.8. The lowest BCUT2D eigenvalue weighted by molar-refractivity contribution is -0.140. The maximum atomic E-state index is 13.3. The molecule has 1 saturated heterocycles. The van der Waals surface area contributed by atoms with Crippen molar-refractivity contribution in [3.63, 3.8) is 0 Å². The first-order valence-electron chi connectivity index (χ1n) is 11.4. The minimum Gasteiger partial charge on any atom is -0.343 e. The largest absolute Gasteiger partial charge is 0.343 e. The number of hydrogen-bond acceptors (Lipinski definition) is 4. The average molecular weight is 431 g/mol. The summed E-state index contributed by atoms with van der Waals surface area (Å²) in [5.41, 5.74) is 6.87. The lowest BCUT2D eigenvalue weighted by Crippen LogP contribution is -2.56. The zero-order valence-corrected chi connectivity index (χ0v) is 19.3. The molecule has 3 amide bonds. The van der Waals surface area contributed by atoms with Crippen LogP contribution in [0.1, 0.15) is 52.5 Å². The van der Waals surface area contributed by atoms with E-state index in [2.05, 4.69) is 17.4 Å². The molecule has 7 nitrogen and oxygen atoms in total. The van der Waals surface area contributed by atoms with Gasteiger partial charge in [-0.2, -0.15) is 0 Å². The van der Waals surface area contributed by atoms with Crippen LogP contribution in [0.4, 0.5) is 0 Å². The van der Waals surface area contributed by atoms with Gasteiger partial charge in [-0.3, -0.25) is 14.4 Å². The minimum absolute atomic E-state index is 0.0350. The summed E-state index contributed by atoms with van der Waals surface area (Å²) in [5, 5.41) is 2.81. The predicted molar refractivity (Wildman–Crippen MR) is 122 cm³/mol. The van der Waals surface area contributed by atoms with Crippen LogP contribution in [-0.4, -0.2) is 65.3 Å². The number of rotatable bonds is 10. The fraction of sp³-hybridized carbons (Fsp3) is 0.625. The molecule has 0 aliphatic carbocycles. The SMILES string of the molecule is CCC(=O)N(CCc1ccccc1)C[C@@H]1CCCN1C(=O)[C@@H](NC(=O)[C@H](C)N)C(C)C. The number of amides is 3. The van der Waals surface area contributed by atoms with Gasteiger partial charge < -0.3 is 20.9 Å². The first-order chi connectivity index (χ1) is 14.7. The molecule has 7 heteroatoms. The first kappa shape index (κ1) is 24.9. The van der Waals surface area contributed by atoms with Crippen molar-refractivity contribution in [1.29, 1.82) is 0 Å². The van der Waals surface area contributed by atoms with E-state index in [9.17, 15) is 14.4 Å². The van der Waals surface area contributed by atoms with Gasteiger partial charge in [0.25, 0.3) is 0 Å². The van der Waals surface area contributed by atoms with Crippen LogP contribution in [0.15, 0.2) is 30.3 Å². The molecule has 31 heavy (non-hydrogen) atoms. The summed E-state index contributed by atoms with van der Waals surface area (Å²) in [4.78, 5) is 41.8. The summed E-state index contributed by atoms with van der Waals surface area (Å²) in [6.07, 6.45) is 2.98. The number of nitrogens with zero attached hydrogens (tertiary/aromatic N) is 2. The maximum absolute atomic E-state index is 13.3. The highest BCUT2D eigenvalue weighted by Gasteiger charge is 2.36. The molecule has 1 aliphatic heterocycles. The molecule has 1 aromatic rings. The van der Waals surface area contributed by atoms with Gasteiger partial charge in [0.15, 0.2) is 0 Å². The number of nitrogens with one attached hydrogen (secondary N) is 1. The average Bonchev–Trinajstić information content (AvgIpc) is 3.22. The van der Waals surface area contributed by atoms with Crippen LogP contribution in [0.5, 0.6) is 0 Å². The van der Waals surface area contributed by atoms with Gasteiger partial charge in [-0.25, -0.2) is 0 Å². The molecule has 0 radical (unpaired) electrons. The molecule has 1 aromatic carbocycles. The molecule has 0 aromatic heterocycles. The molecule has 1 heterocycles. The number of carbonyl (C=O) groups is 3.